The molecule has 0 radical (unpaired) electrons. The van der Waals surface area contributed by atoms with Gasteiger partial charge in [-0.15, -0.1) is 0 Å². The molecule has 0 aliphatic heterocycles. The quantitative estimate of drug-likeness (QED) is 0.717. The molecule has 0 aliphatic rings. The summed E-state index contributed by atoms with van der Waals surface area (Å²) in [4.78, 5) is 4.33. The summed E-state index contributed by atoms with van der Waals surface area (Å²) in [5.41, 5.74) is 1.01. The summed E-state index contributed by atoms with van der Waals surface area (Å²) < 4.78 is 5.54. The molecule has 1 N–H and O–H groups in total. The van der Waals surface area contributed by atoms with Crippen LogP contribution in [0.2, 0.25) is 0 Å². The highest BCUT2D eigenvalue weighted by Gasteiger charge is 1.98. The minimum absolute atomic E-state index is 0.461. The van der Waals surface area contributed by atoms with Crippen LogP contribution < -0.4 is 10.1 Å². The lowest BCUT2D eigenvalue weighted by atomic mass is 10.2. The Morgan fingerprint density at radius 3 is 2.83 bits per heavy atom. The summed E-state index contributed by atoms with van der Waals surface area (Å²) in [7, 11) is 0. The van der Waals surface area contributed by atoms with Gasteiger partial charge in [-0.3, -0.25) is 4.98 Å². The monoisotopic (exact) mass is 247 g/mol. The van der Waals surface area contributed by atoms with Gasteiger partial charge in [0.2, 0.25) is 0 Å². The van der Waals surface area contributed by atoms with Crippen LogP contribution in [0.25, 0.3) is 0 Å². The Kier molecular flexibility index (Phi) is 6.82. The fraction of sp³-hybridized carbons (Fsp3) is 0.571. The average Bonchev–Trinajstić information content (AvgIpc) is 2.37. The molecule has 1 rings (SSSR count). The van der Waals surface area contributed by atoms with Crippen molar-refractivity contribution in [3.63, 3.8) is 0 Å². The molecule has 0 bridgehead atoms. The molecule has 4 heteroatoms. The van der Waals surface area contributed by atoms with Gasteiger partial charge in [0, 0.05) is 19.0 Å². The molecular weight excluding hydrogens is 226 g/mol. The lowest BCUT2D eigenvalue weighted by molar-refractivity contribution is 0.306. The largest absolute Gasteiger partial charge is 0.492 e. The van der Waals surface area contributed by atoms with Crippen molar-refractivity contribution in [1.29, 1.82) is 5.26 Å². The molecular formula is C14H21N3O. The minimum atomic E-state index is 0.461. The van der Waals surface area contributed by atoms with E-state index in [-0.39, 0.29) is 0 Å². The van der Waals surface area contributed by atoms with Crippen molar-refractivity contribution in [3.8, 4) is 11.8 Å². The van der Waals surface area contributed by atoms with E-state index in [9.17, 15) is 0 Å². The maximum Gasteiger partial charge on any atom is 0.137 e. The Bertz CT molecular complexity index is 368. The van der Waals surface area contributed by atoms with Crippen molar-refractivity contribution < 1.29 is 4.74 Å². The molecule has 0 saturated carbocycles. The maximum atomic E-state index is 8.40. The van der Waals surface area contributed by atoms with E-state index in [1.54, 1.807) is 6.20 Å². The van der Waals surface area contributed by atoms with Gasteiger partial charge in [0.15, 0.2) is 0 Å². The minimum Gasteiger partial charge on any atom is -0.492 e. The molecule has 4 nitrogen and oxygen atoms in total. The van der Waals surface area contributed by atoms with E-state index >= 15 is 0 Å². The number of hydrogen-bond donors (Lipinski definition) is 1. The van der Waals surface area contributed by atoms with Gasteiger partial charge in [-0.05, 0) is 25.0 Å². The first-order chi connectivity index (χ1) is 8.72. The highest BCUT2D eigenvalue weighted by molar-refractivity contribution is 5.19. The van der Waals surface area contributed by atoms with Crippen LogP contribution >= 0.6 is 0 Å². The highest BCUT2D eigenvalue weighted by atomic mass is 16.5. The fourth-order valence-corrected chi connectivity index (χ4v) is 1.41. The molecule has 0 amide bonds. The van der Waals surface area contributed by atoms with Crippen molar-refractivity contribution in [2.75, 3.05) is 6.61 Å². The summed E-state index contributed by atoms with van der Waals surface area (Å²) in [5.74, 6) is 0.792. The summed E-state index contributed by atoms with van der Waals surface area (Å²) in [6.07, 6.45) is 4.15. The summed E-state index contributed by atoms with van der Waals surface area (Å²) >= 11 is 0. The SMILES string of the molecule is CC(C)NCc1ccc(OCCCCC#N)cn1. The third kappa shape index (κ3) is 6.21. The summed E-state index contributed by atoms with van der Waals surface area (Å²) in [5, 5.41) is 11.7. The van der Waals surface area contributed by atoms with E-state index < -0.39 is 0 Å². The summed E-state index contributed by atoms with van der Waals surface area (Å²) in [6, 6.07) is 6.49. The average molecular weight is 247 g/mol. The molecule has 1 aromatic heterocycles. The van der Waals surface area contributed by atoms with Crippen LogP contribution in [-0.4, -0.2) is 17.6 Å². The third-order valence-corrected chi connectivity index (χ3v) is 2.44. The van der Waals surface area contributed by atoms with Gasteiger partial charge in [0.25, 0.3) is 0 Å². The highest BCUT2D eigenvalue weighted by Crippen LogP contribution is 2.10. The molecule has 98 valence electrons. The van der Waals surface area contributed by atoms with E-state index in [1.165, 1.54) is 0 Å². The number of nitrogens with one attached hydrogen (secondary N) is 1. The first-order valence-corrected chi connectivity index (χ1v) is 6.40. The lowest BCUT2D eigenvalue weighted by Crippen LogP contribution is -2.22. The van der Waals surface area contributed by atoms with Crippen LogP contribution in [0.15, 0.2) is 18.3 Å². The van der Waals surface area contributed by atoms with E-state index in [2.05, 4.69) is 30.2 Å². The van der Waals surface area contributed by atoms with Crippen LogP contribution in [0.3, 0.4) is 0 Å². The number of ether oxygens (including phenoxy) is 1. The van der Waals surface area contributed by atoms with Crippen molar-refractivity contribution in [1.82, 2.24) is 10.3 Å². The van der Waals surface area contributed by atoms with Gasteiger partial charge in [-0.1, -0.05) is 13.8 Å². The van der Waals surface area contributed by atoms with Gasteiger partial charge < -0.3 is 10.1 Å². The van der Waals surface area contributed by atoms with Gasteiger partial charge in [-0.2, -0.15) is 5.26 Å². The van der Waals surface area contributed by atoms with E-state index in [0.717, 1.165) is 30.8 Å². The predicted molar refractivity (Wildman–Crippen MR) is 71.2 cm³/mol. The second-order valence-electron chi connectivity index (χ2n) is 4.48. The zero-order chi connectivity index (χ0) is 13.2. The van der Waals surface area contributed by atoms with E-state index in [0.29, 0.717) is 19.1 Å². The maximum absolute atomic E-state index is 8.40. The fourth-order valence-electron chi connectivity index (χ4n) is 1.41. The van der Waals surface area contributed by atoms with Gasteiger partial charge in [0.05, 0.1) is 24.6 Å². The predicted octanol–water partition coefficient (Wildman–Crippen LogP) is 2.65. The lowest BCUT2D eigenvalue weighted by Gasteiger charge is -2.08. The van der Waals surface area contributed by atoms with Crippen molar-refractivity contribution in [2.24, 2.45) is 0 Å². The standard InChI is InChI=1S/C14H21N3O/c1-12(2)16-10-13-6-7-14(11-17-13)18-9-5-3-4-8-15/h6-7,11-12,16H,3-5,9-10H2,1-2H3. The number of unbranched alkanes of at least 4 members (excludes halogenated alkanes) is 2. The van der Waals surface area contributed by atoms with Gasteiger partial charge in [-0.25, -0.2) is 0 Å². The molecule has 0 spiro atoms. The number of nitriles is 1. The normalized spacial score (nSPS) is 10.3. The Labute approximate surface area is 109 Å². The second-order valence-corrected chi connectivity index (χ2v) is 4.48. The number of nitrogens with zero attached hydrogens (tertiary/aromatic N) is 2. The molecule has 1 aromatic rings. The smallest absolute Gasteiger partial charge is 0.137 e. The molecule has 0 aromatic carbocycles. The molecule has 18 heavy (non-hydrogen) atoms. The van der Waals surface area contributed by atoms with Gasteiger partial charge >= 0.3 is 0 Å². The summed E-state index contributed by atoms with van der Waals surface area (Å²) in [6.45, 7) is 5.64. The van der Waals surface area contributed by atoms with E-state index in [4.69, 9.17) is 10.00 Å². The zero-order valence-corrected chi connectivity index (χ0v) is 11.1. The number of hydrogen-bond acceptors (Lipinski definition) is 4. The molecule has 0 atom stereocenters. The Morgan fingerprint density at radius 2 is 2.22 bits per heavy atom. The molecule has 0 aliphatic carbocycles. The van der Waals surface area contributed by atoms with E-state index in [1.807, 2.05) is 12.1 Å². The second kappa shape index (κ2) is 8.48. The topological polar surface area (TPSA) is 57.9 Å². The van der Waals surface area contributed by atoms with Crippen LogP contribution in [0, 0.1) is 11.3 Å². The molecule has 0 saturated heterocycles. The molecule has 0 unspecified atom stereocenters. The Hall–Kier alpha value is -1.60. The van der Waals surface area contributed by atoms with Crippen LogP contribution in [0.4, 0.5) is 0 Å². The Balaban J connectivity index is 2.25. The van der Waals surface area contributed by atoms with Crippen LogP contribution in [0.5, 0.6) is 5.75 Å². The first kappa shape index (κ1) is 14.5. The van der Waals surface area contributed by atoms with Gasteiger partial charge in [0.1, 0.15) is 5.75 Å². The zero-order valence-electron chi connectivity index (χ0n) is 11.1. The molecule has 0 fully saturated rings. The third-order valence-electron chi connectivity index (χ3n) is 2.44. The van der Waals surface area contributed by atoms with Crippen molar-refractivity contribution in [3.05, 3.63) is 24.0 Å². The Morgan fingerprint density at radius 1 is 1.39 bits per heavy atom. The van der Waals surface area contributed by atoms with Crippen LogP contribution in [0.1, 0.15) is 38.8 Å². The van der Waals surface area contributed by atoms with Crippen molar-refractivity contribution in [2.45, 2.75) is 45.7 Å². The molecule has 1 heterocycles. The van der Waals surface area contributed by atoms with Crippen LogP contribution in [-0.2, 0) is 6.54 Å². The number of pyridine rings is 1. The van der Waals surface area contributed by atoms with Crippen molar-refractivity contribution >= 4 is 0 Å². The number of rotatable bonds is 8. The first-order valence-electron chi connectivity index (χ1n) is 6.40. The number of aromatic nitrogens is 1.